The van der Waals surface area contributed by atoms with Crippen molar-refractivity contribution < 1.29 is 13.7 Å². The van der Waals surface area contributed by atoms with Crippen LogP contribution in [0.5, 0.6) is 0 Å². The Balaban J connectivity index is 2.09. The van der Waals surface area contributed by atoms with Gasteiger partial charge < -0.3 is 0 Å². The molecule has 3 aromatic carbocycles. The van der Waals surface area contributed by atoms with Crippen molar-refractivity contribution in [1.82, 2.24) is 0 Å². The molecule has 0 radical (unpaired) electrons. The molecular formula is C23H20. The largest absolute Gasteiger partial charge is 0.0629 e. The number of fused-ring (bicyclic) bond motifs is 6. The van der Waals surface area contributed by atoms with Crippen molar-refractivity contribution in [2.45, 2.75) is 32.1 Å². The molecule has 112 valence electrons. The fourth-order valence-corrected chi connectivity index (χ4v) is 3.48. The van der Waals surface area contributed by atoms with Gasteiger partial charge in [-0.05, 0) is 49.9 Å². The van der Waals surface area contributed by atoms with E-state index in [2.05, 4.69) is 0 Å². The molecule has 2 aliphatic carbocycles. The van der Waals surface area contributed by atoms with Gasteiger partial charge in [-0.25, -0.2) is 0 Å². The van der Waals surface area contributed by atoms with E-state index in [4.69, 9.17) is 13.7 Å². The summed E-state index contributed by atoms with van der Waals surface area (Å²) >= 11 is 0. The van der Waals surface area contributed by atoms with Crippen molar-refractivity contribution in [3.8, 4) is 22.3 Å². The fourth-order valence-electron chi connectivity index (χ4n) is 3.48. The third kappa shape index (κ3) is 1.61. The smallest absolute Gasteiger partial charge is 0.0619 e. The zero-order valence-corrected chi connectivity index (χ0v) is 13.1. The van der Waals surface area contributed by atoms with Crippen molar-refractivity contribution in [2.75, 3.05) is 0 Å². The summed E-state index contributed by atoms with van der Waals surface area (Å²) in [6.45, 7) is 5.52. The van der Waals surface area contributed by atoms with Crippen LogP contribution in [-0.2, 0) is 5.41 Å². The topological polar surface area (TPSA) is 0 Å². The van der Waals surface area contributed by atoms with E-state index in [1.807, 2.05) is 20.8 Å². The minimum absolute atomic E-state index is 0.00312. The van der Waals surface area contributed by atoms with Gasteiger partial charge in [0.15, 0.2) is 0 Å². The molecule has 3 aromatic rings. The van der Waals surface area contributed by atoms with Gasteiger partial charge in [0, 0.05) is 5.92 Å². The zero-order chi connectivity index (χ0) is 24.5. The predicted molar refractivity (Wildman–Crippen MR) is 97.0 cm³/mol. The van der Waals surface area contributed by atoms with Crippen molar-refractivity contribution in [1.29, 1.82) is 0 Å². The van der Waals surface area contributed by atoms with Crippen LogP contribution in [0.25, 0.3) is 22.3 Å². The Morgan fingerprint density at radius 2 is 1.39 bits per heavy atom. The van der Waals surface area contributed by atoms with Gasteiger partial charge in [0.25, 0.3) is 0 Å². The lowest BCUT2D eigenvalue weighted by Gasteiger charge is -2.21. The van der Waals surface area contributed by atoms with Gasteiger partial charge in [0.1, 0.15) is 0 Å². The molecule has 0 spiro atoms. The molecule has 0 N–H and O–H groups in total. The molecular weight excluding hydrogens is 276 g/mol. The van der Waals surface area contributed by atoms with E-state index < -0.39 is 29.5 Å². The van der Waals surface area contributed by atoms with Crippen molar-refractivity contribution in [3.05, 3.63) is 82.7 Å². The van der Waals surface area contributed by atoms with Gasteiger partial charge in [-0.15, -0.1) is 0 Å². The summed E-state index contributed by atoms with van der Waals surface area (Å²) in [5.74, 6) is -0.853. The molecule has 0 heteroatoms. The Morgan fingerprint density at radius 3 is 2.13 bits per heavy atom. The van der Waals surface area contributed by atoms with E-state index in [0.717, 1.165) is 0 Å². The number of rotatable bonds is 0. The molecule has 1 atom stereocenters. The third-order valence-electron chi connectivity index (χ3n) is 4.59. The minimum Gasteiger partial charge on any atom is -0.0619 e. The highest BCUT2D eigenvalue weighted by molar-refractivity contribution is 5.94. The van der Waals surface area contributed by atoms with Gasteiger partial charge in [0.05, 0.1) is 13.7 Å². The predicted octanol–water partition coefficient (Wildman–Crippen LogP) is 6.13. The van der Waals surface area contributed by atoms with E-state index in [0.29, 0.717) is 16.7 Å². The summed E-state index contributed by atoms with van der Waals surface area (Å²) in [7, 11) is 0. The van der Waals surface area contributed by atoms with Gasteiger partial charge in [0.2, 0.25) is 0 Å². The Hall–Kier alpha value is -2.34. The quantitative estimate of drug-likeness (QED) is 0.323. The summed E-state index contributed by atoms with van der Waals surface area (Å²) in [4.78, 5) is 0. The molecule has 5 rings (SSSR count). The second-order valence-corrected chi connectivity index (χ2v) is 7.05. The van der Waals surface area contributed by atoms with Crippen LogP contribution in [0, 0.1) is 0 Å². The molecule has 0 nitrogen and oxygen atoms in total. The molecule has 0 aliphatic heterocycles. The average Bonchev–Trinajstić information content (AvgIpc) is 3.25. The monoisotopic (exact) mass is 306 g/mol. The summed E-state index contributed by atoms with van der Waals surface area (Å²) < 4.78 is 85.4. The summed E-state index contributed by atoms with van der Waals surface area (Å²) in [5, 5.41) is 0. The number of benzene rings is 3. The SMILES string of the molecule is [2H]c1c([2H])c([2H])c2c(c1[2H])-c1c([2H])c([2H])c([2H])c3c1C2c1c([2H])c(C(C)(C)C)c([2H])c([2H])c1-3. The number of hydrogen-bond acceptors (Lipinski definition) is 0. The van der Waals surface area contributed by atoms with Crippen molar-refractivity contribution >= 4 is 0 Å². The van der Waals surface area contributed by atoms with Gasteiger partial charge >= 0.3 is 0 Å². The molecule has 0 amide bonds. The van der Waals surface area contributed by atoms with Gasteiger partial charge in [-0.2, -0.15) is 0 Å². The molecule has 1 unspecified atom stereocenters. The molecule has 0 heterocycles. The van der Waals surface area contributed by atoms with Crippen molar-refractivity contribution in [3.63, 3.8) is 0 Å². The van der Waals surface area contributed by atoms with E-state index in [-0.39, 0.29) is 70.1 Å². The third-order valence-corrected chi connectivity index (χ3v) is 4.59. The number of hydrogen-bond donors (Lipinski definition) is 0. The van der Waals surface area contributed by atoms with Gasteiger partial charge in [-0.1, -0.05) is 81.2 Å². The average molecular weight is 306 g/mol. The maximum absolute atomic E-state index is 9.04. The Morgan fingerprint density at radius 1 is 0.739 bits per heavy atom. The molecule has 0 aromatic heterocycles. The molecule has 0 bridgehead atoms. The molecule has 2 aliphatic rings. The standard InChI is InChI=1S/C23H20/c1-23(2,3)14-11-12-16-19-10-6-9-18-15-7-4-5-8-17(15)22(21(18)19)20(16)13-14/h4-13,22H,1-3H3/i4D,5D,6D,7D,8D,9D,10D,11D,12D,13D. The maximum Gasteiger partial charge on any atom is 0.0629 e. The summed E-state index contributed by atoms with van der Waals surface area (Å²) in [6.07, 6.45) is 0. The van der Waals surface area contributed by atoms with Crippen LogP contribution in [0.4, 0.5) is 0 Å². The Labute approximate surface area is 151 Å². The molecule has 0 fully saturated rings. The van der Waals surface area contributed by atoms with E-state index in [1.54, 1.807) is 0 Å². The first-order valence-electron chi connectivity index (χ1n) is 12.6. The highest BCUT2D eigenvalue weighted by Crippen LogP contribution is 2.57. The second-order valence-electron chi connectivity index (χ2n) is 7.05. The van der Waals surface area contributed by atoms with Crippen molar-refractivity contribution in [2.24, 2.45) is 0 Å². The minimum atomic E-state index is -0.853. The van der Waals surface area contributed by atoms with Crippen LogP contribution in [0.15, 0.2) is 60.4 Å². The van der Waals surface area contributed by atoms with Gasteiger partial charge in [-0.3, -0.25) is 0 Å². The zero-order valence-electron chi connectivity index (χ0n) is 23.1. The van der Waals surface area contributed by atoms with E-state index in [1.165, 1.54) is 0 Å². The lowest BCUT2D eigenvalue weighted by molar-refractivity contribution is 0.589. The molecule has 23 heavy (non-hydrogen) atoms. The van der Waals surface area contributed by atoms with Crippen LogP contribution in [0.2, 0.25) is 0 Å². The van der Waals surface area contributed by atoms with E-state index >= 15 is 0 Å². The first-order chi connectivity index (χ1) is 15.2. The van der Waals surface area contributed by atoms with Crippen LogP contribution >= 0.6 is 0 Å². The van der Waals surface area contributed by atoms with Crippen LogP contribution in [0.3, 0.4) is 0 Å². The Bertz CT molecular complexity index is 1450. The Kier molecular flexibility index (Phi) is 1.20. The lowest BCUT2D eigenvalue weighted by Crippen LogP contribution is -2.11. The van der Waals surface area contributed by atoms with Crippen LogP contribution in [0.1, 0.15) is 62.7 Å². The molecule has 0 saturated carbocycles. The first-order valence-corrected chi connectivity index (χ1v) is 7.62. The highest BCUT2D eigenvalue weighted by Gasteiger charge is 2.38. The highest BCUT2D eigenvalue weighted by atomic mass is 14.4. The van der Waals surface area contributed by atoms with E-state index in [9.17, 15) is 0 Å². The first kappa shape index (κ1) is 6.65. The fraction of sp³-hybridized carbons (Fsp3) is 0.217. The molecule has 0 saturated heterocycles. The second kappa shape index (κ2) is 4.14. The van der Waals surface area contributed by atoms with Crippen LogP contribution in [-0.4, -0.2) is 0 Å². The van der Waals surface area contributed by atoms with Crippen LogP contribution < -0.4 is 0 Å². The maximum atomic E-state index is 9.04. The normalized spacial score (nSPS) is 23.0. The summed E-state index contributed by atoms with van der Waals surface area (Å²) in [6, 6.07) is -2.79. The lowest BCUT2D eigenvalue weighted by atomic mass is 9.83. The summed E-state index contributed by atoms with van der Waals surface area (Å²) in [5.41, 5.74) is 1.28.